The third-order valence-corrected chi connectivity index (χ3v) is 4.87. The van der Waals surface area contributed by atoms with Gasteiger partial charge in [0, 0.05) is 29.4 Å². The number of nitrogens with zero attached hydrogens (tertiary/aromatic N) is 1. The number of nitrogens with one attached hydrogen (secondary N) is 1. The van der Waals surface area contributed by atoms with Gasteiger partial charge in [-0.3, -0.25) is 9.59 Å². The number of carbonyl (C=O) groups excluding carboxylic acids is 2. The lowest BCUT2D eigenvalue weighted by molar-refractivity contribution is -0.122. The number of hydrogen-bond acceptors (Lipinski definition) is 2. The van der Waals surface area contributed by atoms with Gasteiger partial charge in [-0.25, -0.2) is 0 Å². The van der Waals surface area contributed by atoms with E-state index in [2.05, 4.69) is 12.2 Å². The van der Waals surface area contributed by atoms with Gasteiger partial charge in [0.25, 0.3) is 0 Å². The van der Waals surface area contributed by atoms with Gasteiger partial charge in [-0.15, -0.1) is 0 Å². The number of halogens is 1. The van der Waals surface area contributed by atoms with Crippen molar-refractivity contribution in [1.82, 2.24) is 0 Å². The standard InChI is InChI=1S/C20H21ClN2O2/c1-3-14-6-4-5-13(2)19(14)22-20(25)15-11-18(24)23(12-15)17-9-7-16(21)8-10-17/h4-10,15H,3,11-12H2,1-2H3,(H,22,25)/t15-/m1/s1. The number of para-hydroxylation sites is 1. The van der Waals surface area contributed by atoms with Crippen molar-refractivity contribution in [2.24, 2.45) is 5.92 Å². The van der Waals surface area contributed by atoms with Crippen molar-refractivity contribution in [3.63, 3.8) is 0 Å². The third kappa shape index (κ3) is 3.69. The van der Waals surface area contributed by atoms with E-state index in [0.29, 0.717) is 11.6 Å². The highest BCUT2D eigenvalue weighted by molar-refractivity contribution is 6.30. The van der Waals surface area contributed by atoms with Crippen LogP contribution in [-0.2, 0) is 16.0 Å². The van der Waals surface area contributed by atoms with Gasteiger partial charge in [0.2, 0.25) is 11.8 Å². The van der Waals surface area contributed by atoms with Crippen molar-refractivity contribution >= 4 is 34.8 Å². The number of amides is 2. The van der Waals surface area contributed by atoms with Crippen molar-refractivity contribution in [3.8, 4) is 0 Å². The highest BCUT2D eigenvalue weighted by atomic mass is 35.5. The Labute approximate surface area is 152 Å². The molecule has 1 saturated heterocycles. The van der Waals surface area contributed by atoms with Crippen LogP contribution in [0.3, 0.4) is 0 Å². The maximum absolute atomic E-state index is 12.7. The van der Waals surface area contributed by atoms with E-state index in [4.69, 9.17) is 11.6 Å². The molecule has 1 atom stereocenters. The van der Waals surface area contributed by atoms with Gasteiger partial charge < -0.3 is 10.2 Å². The summed E-state index contributed by atoms with van der Waals surface area (Å²) in [5.41, 5.74) is 3.78. The first-order valence-electron chi connectivity index (χ1n) is 8.45. The summed E-state index contributed by atoms with van der Waals surface area (Å²) in [4.78, 5) is 26.7. The Balaban J connectivity index is 1.74. The molecule has 0 aromatic heterocycles. The second-order valence-corrected chi connectivity index (χ2v) is 6.77. The number of carbonyl (C=O) groups is 2. The number of aryl methyl sites for hydroxylation is 2. The summed E-state index contributed by atoms with van der Waals surface area (Å²) in [6.45, 7) is 4.43. The second-order valence-electron chi connectivity index (χ2n) is 6.33. The topological polar surface area (TPSA) is 49.4 Å². The molecule has 0 unspecified atom stereocenters. The Morgan fingerprint density at radius 1 is 1.24 bits per heavy atom. The molecule has 1 aliphatic rings. The van der Waals surface area contributed by atoms with Crippen LogP contribution in [-0.4, -0.2) is 18.4 Å². The molecule has 0 bridgehead atoms. The molecule has 0 radical (unpaired) electrons. The van der Waals surface area contributed by atoms with E-state index >= 15 is 0 Å². The zero-order valence-corrected chi connectivity index (χ0v) is 15.1. The molecule has 130 valence electrons. The molecule has 0 saturated carbocycles. The third-order valence-electron chi connectivity index (χ3n) is 4.62. The molecule has 1 aliphatic heterocycles. The number of hydrogen-bond donors (Lipinski definition) is 1. The van der Waals surface area contributed by atoms with Crippen LogP contribution in [0.4, 0.5) is 11.4 Å². The highest BCUT2D eigenvalue weighted by Gasteiger charge is 2.35. The van der Waals surface area contributed by atoms with E-state index in [-0.39, 0.29) is 24.2 Å². The first kappa shape index (κ1) is 17.5. The van der Waals surface area contributed by atoms with E-state index in [1.807, 2.05) is 25.1 Å². The van der Waals surface area contributed by atoms with Crippen molar-refractivity contribution in [3.05, 3.63) is 58.6 Å². The summed E-state index contributed by atoms with van der Waals surface area (Å²) in [5.74, 6) is -0.496. The maximum atomic E-state index is 12.7. The average molecular weight is 357 g/mol. The summed E-state index contributed by atoms with van der Waals surface area (Å²) in [6.07, 6.45) is 1.07. The zero-order chi connectivity index (χ0) is 18.0. The second kappa shape index (κ2) is 7.28. The first-order valence-corrected chi connectivity index (χ1v) is 8.82. The molecule has 3 rings (SSSR count). The lowest BCUT2D eigenvalue weighted by Gasteiger charge is -2.18. The minimum absolute atomic E-state index is 0.0389. The normalized spacial score (nSPS) is 17.0. The highest BCUT2D eigenvalue weighted by Crippen LogP contribution is 2.28. The first-order chi connectivity index (χ1) is 12.0. The number of anilines is 2. The van der Waals surface area contributed by atoms with Gasteiger partial charge in [-0.1, -0.05) is 36.7 Å². The molecule has 1 fully saturated rings. The minimum atomic E-state index is -0.354. The zero-order valence-electron chi connectivity index (χ0n) is 14.4. The quantitative estimate of drug-likeness (QED) is 0.892. The fraction of sp³-hybridized carbons (Fsp3) is 0.300. The van der Waals surface area contributed by atoms with Crippen molar-refractivity contribution in [1.29, 1.82) is 0 Å². The molecule has 2 amide bonds. The van der Waals surface area contributed by atoms with E-state index < -0.39 is 0 Å². The number of benzene rings is 2. The molecule has 0 aliphatic carbocycles. The van der Waals surface area contributed by atoms with Gasteiger partial charge in [-0.2, -0.15) is 0 Å². The summed E-state index contributed by atoms with van der Waals surface area (Å²) in [6, 6.07) is 13.1. The van der Waals surface area contributed by atoms with Crippen LogP contribution in [0.25, 0.3) is 0 Å². The fourth-order valence-corrected chi connectivity index (χ4v) is 3.31. The van der Waals surface area contributed by atoms with E-state index in [1.165, 1.54) is 0 Å². The monoisotopic (exact) mass is 356 g/mol. The molecule has 0 spiro atoms. The fourth-order valence-electron chi connectivity index (χ4n) is 3.18. The smallest absolute Gasteiger partial charge is 0.229 e. The molecule has 5 heteroatoms. The Morgan fingerprint density at radius 3 is 2.64 bits per heavy atom. The summed E-state index contributed by atoms with van der Waals surface area (Å²) in [7, 11) is 0. The molecule has 25 heavy (non-hydrogen) atoms. The average Bonchev–Trinajstić information content (AvgIpc) is 2.99. The maximum Gasteiger partial charge on any atom is 0.229 e. The predicted octanol–water partition coefficient (Wildman–Crippen LogP) is 4.20. The molecular formula is C20H21ClN2O2. The molecule has 4 nitrogen and oxygen atoms in total. The Morgan fingerprint density at radius 2 is 1.96 bits per heavy atom. The van der Waals surface area contributed by atoms with Crippen molar-refractivity contribution in [2.75, 3.05) is 16.8 Å². The van der Waals surface area contributed by atoms with E-state index in [0.717, 1.165) is 28.9 Å². The van der Waals surface area contributed by atoms with Crippen molar-refractivity contribution in [2.45, 2.75) is 26.7 Å². The van der Waals surface area contributed by atoms with Crippen LogP contribution in [0.1, 0.15) is 24.5 Å². The molecule has 1 N–H and O–H groups in total. The summed E-state index contributed by atoms with van der Waals surface area (Å²) in [5, 5.41) is 3.66. The lowest BCUT2D eigenvalue weighted by atomic mass is 10.0. The summed E-state index contributed by atoms with van der Waals surface area (Å²) >= 11 is 5.90. The van der Waals surface area contributed by atoms with Crippen LogP contribution in [0, 0.1) is 12.8 Å². The SMILES string of the molecule is CCc1cccc(C)c1NC(=O)[C@@H]1CC(=O)N(c2ccc(Cl)cc2)C1. The summed E-state index contributed by atoms with van der Waals surface area (Å²) < 4.78 is 0. The van der Waals surface area contributed by atoms with E-state index in [9.17, 15) is 9.59 Å². The predicted molar refractivity (Wildman–Crippen MR) is 101 cm³/mol. The molecule has 2 aromatic carbocycles. The van der Waals surface area contributed by atoms with Gasteiger partial charge in [-0.05, 0) is 48.7 Å². The Bertz CT molecular complexity index is 802. The molecule has 2 aromatic rings. The molecule has 1 heterocycles. The van der Waals surface area contributed by atoms with Crippen LogP contribution in [0.15, 0.2) is 42.5 Å². The van der Waals surface area contributed by atoms with Crippen LogP contribution >= 0.6 is 11.6 Å². The lowest BCUT2D eigenvalue weighted by Crippen LogP contribution is -2.28. The Hall–Kier alpha value is -2.33. The largest absolute Gasteiger partial charge is 0.325 e. The minimum Gasteiger partial charge on any atom is -0.325 e. The van der Waals surface area contributed by atoms with Gasteiger partial charge in [0.1, 0.15) is 0 Å². The van der Waals surface area contributed by atoms with Crippen LogP contribution in [0.2, 0.25) is 5.02 Å². The van der Waals surface area contributed by atoms with Crippen molar-refractivity contribution < 1.29 is 9.59 Å². The van der Waals surface area contributed by atoms with Crippen LogP contribution < -0.4 is 10.2 Å². The van der Waals surface area contributed by atoms with Gasteiger partial charge >= 0.3 is 0 Å². The van der Waals surface area contributed by atoms with Gasteiger partial charge in [0.15, 0.2) is 0 Å². The van der Waals surface area contributed by atoms with Gasteiger partial charge in [0.05, 0.1) is 5.92 Å². The van der Waals surface area contributed by atoms with E-state index in [1.54, 1.807) is 29.2 Å². The number of rotatable bonds is 4. The Kier molecular flexibility index (Phi) is 5.09. The van der Waals surface area contributed by atoms with Crippen LogP contribution in [0.5, 0.6) is 0 Å². The molecular weight excluding hydrogens is 336 g/mol.